The number of hydrogen-bond acceptors (Lipinski definition) is 5. The van der Waals surface area contributed by atoms with E-state index in [9.17, 15) is 13.5 Å². The number of hydrogen-bond donors (Lipinski definition) is 2. The fourth-order valence-electron chi connectivity index (χ4n) is 2.44. The van der Waals surface area contributed by atoms with E-state index in [0.29, 0.717) is 31.1 Å². The maximum atomic E-state index is 12.4. The van der Waals surface area contributed by atoms with Crippen molar-refractivity contribution in [3.8, 4) is 11.5 Å². The number of nitrogens with one attached hydrogen (secondary N) is 1. The first-order valence-electron chi connectivity index (χ1n) is 7.66. The lowest BCUT2D eigenvalue weighted by atomic mass is 10.1. The molecule has 1 aliphatic heterocycles. The lowest BCUT2D eigenvalue weighted by Gasteiger charge is -2.19. The normalized spacial score (nSPS) is 15.0. The van der Waals surface area contributed by atoms with Gasteiger partial charge in [0.15, 0.2) is 11.5 Å². The fraction of sp³-hybridized carbons (Fsp3) is 0.294. The first-order chi connectivity index (χ1) is 11.5. The van der Waals surface area contributed by atoms with Gasteiger partial charge in [0, 0.05) is 12.6 Å². The van der Waals surface area contributed by atoms with Gasteiger partial charge in [-0.3, -0.25) is 0 Å². The summed E-state index contributed by atoms with van der Waals surface area (Å²) < 4.78 is 37.9. The molecular formula is C17H19NO5S. The Morgan fingerprint density at radius 2 is 1.75 bits per heavy atom. The molecule has 0 aliphatic carbocycles. The monoisotopic (exact) mass is 349 g/mol. The Bertz CT molecular complexity index is 792. The second-order valence-electron chi connectivity index (χ2n) is 5.50. The number of ether oxygens (including phenoxy) is 2. The van der Waals surface area contributed by atoms with Crippen molar-refractivity contribution in [2.45, 2.75) is 17.4 Å². The number of benzene rings is 2. The molecule has 1 atom stereocenters. The van der Waals surface area contributed by atoms with Crippen LogP contribution in [-0.2, 0) is 16.4 Å². The summed E-state index contributed by atoms with van der Waals surface area (Å²) in [5, 5.41) is 10.0. The van der Waals surface area contributed by atoms with Crippen LogP contribution in [0.2, 0.25) is 0 Å². The van der Waals surface area contributed by atoms with E-state index >= 15 is 0 Å². The Kier molecular flexibility index (Phi) is 5.03. The Morgan fingerprint density at radius 1 is 1.04 bits per heavy atom. The van der Waals surface area contributed by atoms with Crippen molar-refractivity contribution in [3.05, 3.63) is 54.1 Å². The molecule has 0 radical (unpaired) electrons. The van der Waals surface area contributed by atoms with Gasteiger partial charge in [0.05, 0.1) is 11.0 Å². The summed E-state index contributed by atoms with van der Waals surface area (Å²) >= 11 is 0. The molecule has 1 heterocycles. The van der Waals surface area contributed by atoms with Gasteiger partial charge >= 0.3 is 0 Å². The molecule has 128 valence electrons. The van der Waals surface area contributed by atoms with Crippen LogP contribution in [0.3, 0.4) is 0 Å². The average molecular weight is 349 g/mol. The molecule has 0 saturated heterocycles. The van der Waals surface area contributed by atoms with Crippen molar-refractivity contribution in [2.24, 2.45) is 0 Å². The smallest absolute Gasteiger partial charge is 0.240 e. The second-order valence-corrected chi connectivity index (χ2v) is 7.27. The molecule has 6 nitrogen and oxygen atoms in total. The van der Waals surface area contributed by atoms with Crippen molar-refractivity contribution < 1.29 is 23.0 Å². The lowest BCUT2D eigenvalue weighted by Crippen LogP contribution is -2.33. The first-order valence-corrected chi connectivity index (χ1v) is 9.14. The summed E-state index contributed by atoms with van der Waals surface area (Å²) in [5.41, 5.74) is 0.948. The predicted octanol–water partition coefficient (Wildman–Crippen LogP) is 1.34. The molecule has 2 N–H and O–H groups in total. The Balaban J connectivity index is 1.63. The third-order valence-electron chi connectivity index (χ3n) is 3.65. The highest BCUT2D eigenvalue weighted by Gasteiger charge is 2.20. The minimum Gasteiger partial charge on any atom is -0.486 e. The van der Waals surface area contributed by atoms with Crippen LogP contribution in [-0.4, -0.2) is 39.4 Å². The summed E-state index contributed by atoms with van der Waals surface area (Å²) in [7, 11) is -3.73. The maximum absolute atomic E-state index is 12.4. The van der Waals surface area contributed by atoms with E-state index in [-0.39, 0.29) is 11.4 Å². The van der Waals surface area contributed by atoms with E-state index < -0.39 is 16.1 Å². The Morgan fingerprint density at radius 3 is 2.50 bits per heavy atom. The highest BCUT2D eigenvalue weighted by molar-refractivity contribution is 7.89. The van der Waals surface area contributed by atoms with Crippen LogP contribution >= 0.6 is 0 Å². The average Bonchev–Trinajstić information content (AvgIpc) is 2.60. The molecule has 0 aromatic heterocycles. The molecule has 2 aromatic carbocycles. The zero-order valence-electron chi connectivity index (χ0n) is 13.0. The van der Waals surface area contributed by atoms with Crippen molar-refractivity contribution in [1.29, 1.82) is 0 Å². The van der Waals surface area contributed by atoms with Crippen LogP contribution in [0.15, 0.2) is 53.4 Å². The van der Waals surface area contributed by atoms with Gasteiger partial charge in [-0.25, -0.2) is 13.1 Å². The lowest BCUT2D eigenvalue weighted by molar-refractivity contribution is 0.171. The van der Waals surface area contributed by atoms with Crippen molar-refractivity contribution >= 4 is 10.0 Å². The zero-order chi connectivity index (χ0) is 17.0. The van der Waals surface area contributed by atoms with Crippen LogP contribution in [0.4, 0.5) is 0 Å². The zero-order valence-corrected chi connectivity index (χ0v) is 13.8. The van der Waals surface area contributed by atoms with E-state index in [2.05, 4.69) is 4.72 Å². The van der Waals surface area contributed by atoms with Crippen LogP contribution in [0.25, 0.3) is 0 Å². The Hall–Kier alpha value is -2.09. The molecule has 0 bridgehead atoms. The molecule has 24 heavy (non-hydrogen) atoms. The number of aliphatic hydroxyl groups is 1. The molecule has 0 spiro atoms. The van der Waals surface area contributed by atoms with Gasteiger partial charge < -0.3 is 14.6 Å². The molecule has 2 aromatic rings. The molecular weight excluding hydrogens is 330 g/mol. The van der Waals surface area contributed by atoms with Crippen molar-refractivity contribution in [1.82, 2.24) is 4.72 Å². The highest BCUT2D eigenvalue weighted by atomic mass is 32.2. The third kappa shape index (κ3) is 4.05. The summed E-state index contributed by atoms with van der Waals surface area (Å²) in [5.74, 6) is 0.943. The number of sulfonamides is 1. The van der Waals surface area contributed by atoms with Gasteiger partial charge in [-0.1, -0.05) is 30.3 Å². The first kappa shape index (κ1) is 16.8. The molecule has 3 rings (SSSR count). The standard InChI is InChI=1S/C17H19NO5S/c19-14(10-13-4-2-1-3-5-13)12-18-24(20,21)15-6-7-16-17(11-15)23-9-8-22-16/h1-7,11,14,18-19H,8-10,12H2. The fourth-order valence-corrected chi connectivity index (χ4v) is 3.53. The van der Waals surface area contributed by atoms with Gasteiger partial charge in [-0.2, -0.15) is 0 Å². The molecule has 7 heteroatoms. The van der Waals surface area contributed by atoms with E-state index in [1.807, 2.05) is 30.3 Å². The van der Waals surface area contributed by atoms with Gasteiger partial charge in [-0.05, 0) is 24.1 Å². The highest BCUT2D eigenvalue weighted by Crippen LogP contribution is 2.32. The van der Waals surface area contributed by atoms with Gasteiger partial charge in [-0.15, -0.1) is 0 Å². The summed E-state index contributed by atoms with van der Waals surface area (Å²) in [6.07, 6.45) is -0.427. The molecule has 0 saturated carbocycles. The van der Waals surface area contributed by atoms with Crippen molar-refractivity contribution in [3.63, 3.8) is 0 Å². The summed E-state index contributed by atoms with van der Waals surface area (Å²) in [6, 6.07) is 13.9. The topological polar surface area (TPSA) is 84.9 Å². The summed E-state index contributed by atoms with van der Waals surface area (Å²) in [6.45, 7) is 0.772. The maximum Gasteiger partial charge on any atom is 0.240 e. The molecule has 0 amide bonds. The van der Waals surface area contributed by atoms with E-state index in [4.69, 9.17) is 9.47 Å². The number of fused-ring (bicyclic) bond motifs is 1. The SMILES string of the molecule is O=S(=O)(NCC(O)Cc1ccccc1)c1ccc2c(c1)OCCO2. The van der Waals surface area contributed by atoms with E-state index in [1.54, 1.807) is 6.07 Å². The Labute approximate surface area is 141 Å². The minimum atomic E-state index is -3.73. The number of rotatable bonds is 6. The van der Waals surface area contributed by atoms with Gasteiger partial charge in [0.1, 0.15) is 13.2 Å². The van der Waals surface area contributed by atoms with Crippen LogP contribution in [0.5, 0.6) is 11.5 Å². The number of aliphatic hydroxyl groups excluding tert-OH is 1. The molecule has 1 unspecified atom stereocenters. The predicted molar refractivity (Wildman–Crippen MR) is 88.8 cm³/mol. The molecule has 1 aliphatic rings. The summed E-state index contributed by atoms with van der Waals surface area (Å²) in [4.78, 5) is 0.0821. The van der Waals surface area contributed by atoms with Gasteiger partial charge in [0.2, 0.25) is 10.0 Å². The van der Waals surface area contributed by atoms with Crippen molar-refractivity contribution in [2.75, 3.05) is 19.8 Å². The van der Waals surface area contributed by atoms with Crippen LogP contribution in [0.1, 0.15) is 5.56 Å². The minimum absolute atomic E-state index is 0.0638. The van der Waals surface area contributed by atoms with Gasteiger partial charge in [0.25, 0.3) is 0 Å². The van der Waals surface area contributed by atoms with Crippen LogP contribution < -0.4 is 14.2 Å². The quantitative estimate of drug-likeness (QED) is 0.822. The second kappa shape index (κ2) is 7.21. The molecule has 0 fully saturated rings. The van der Waals surface area contributed by atoms with Crippen LogP contribution in [0, 0.1) is 0 Å². The van der Waals surface area contributed by atoms with E-state index in [0.717, 1.165) is 5.56 Å². The third-order valence-corrected chi connectivity index (χ3v) is 5.07. The largest absolute Gasteiger partial charge is 0.486 e. The van der Waals surface area contributed by atoms with E-state index in [1.165, 1.54) is 12.1 Å².